The maximum atomic E-state index is 14.8. The number of hydrogen-bond donors (Lipinski definition) is 6. The average molecular weight is 551 g/mol. The van der Waals surface area contributed by atoms with Crippen LogP contribution >= 0.6 is 0 Å². The maximum Gasteiger partial charge on any atom is 0.402 e. The molecule has 0 aromatic heterocycles. The van der Waals surface area contributed by atoms with Gasteiger partial charge in [-0.25, -0.2) is 0 Å². The fraction of sp³-hybridized carbons (Fsp3) is 0.103. The van der Waals surface area contributed by atoms with Crippen molar-refractivity contribution < 1.29 is 33.0 Å². The normalized spacial score (nSPS) is 11.6. The van der Waals surface area contributed by atoms with Crippen molar-refractivity contribution >= 4 is 34.6 Å². The van der Waals surface area contributed by atoms with Gasteiger partial charge >= 0.3 is 6.18 Å². The first-order valence-electron chi connectivity index (χ1n) is 11.9. The standard InChI is InChI=1S/C29H25F3N4O4/c1-28(29(30,31)32,18-8-10-24(37)22(14-18)35-26(39)16-4-2-6-20(33)12-16)19-9-11-25(38)23(15-19)36-27(40)17-5-3-7-21(34)13-17/h2-15,37-38H,33-34H2,1H3,(H,35,39)(H,36,40). The summed E-state index contributed by atoms with van der Waals surface area (Å²) in [5.41, 5.74) is 8.46. The van der Waals surface area contributed by atoms with Gasteiger partial charge in [0.05, 0.1) is 11.4 Å². The molecule has 206 valence electrons. The first-order chi connectivity index (χ1) is 18.8. The number of benzene rings is 4. The second kappa shape index (κ2) is 10.5. The lowest BCUT2D eigenvalue weighted by molar-refractivity contribution is -0.173. The van der Waals surface area contributed by atoms with Crippen LogP contribution in [0.15, 0.2) is 84.9 Å². The molecule has 2 amide bonds. The van der Waals surface area contributed by atoms with Gasteiger partial charge in [-0.15, -0.1) is 0 Å². The molecule has 0 bridgehead atoms. The molecule has 0 unspecified atom stereocenters. The van der Waals surface area contributed by atoms with Crippen molar-refractivity contribution in [2.45, 2.75) is 18.5 Å². The molecule has 4 aromatic rings. The van der Waals surface area contributed by atoms with Gasteiger partial charge in [0.25, 0.3) is 11.8 Å². The Morgan fingerprint density at radius 1 is 0.675 bits per heavy atom. The third kappa shape index (κ3) is 5.48. The molecular formula is C29H25F3N4O4. The predicted octanol–water partition coefficient (Wildman–Crippen LogP) is 5.64. The van der Waals surface area contributed by atoms with Crippen molar-refractivity contribution in [3.63, 3.8) is 0 Å². The lowest BCUT2D eigenvalue weighted by atomic mass is 9.75. The van der Waals surface area contributed by atoms with Crippen molar-refractivity contribution in [3.8, 4) is 11.5 Å². The first kappa shape index (κ1) is 27.8. The molecule has 0 aliphatic heterocycles. The topological polar surface area (TPSA) is 151 Å². The molecule has 4 rings (SSSR count). The van der Waals surface area contributed by atoms with E-state index in [2.05, 4.69) is 10.6 Å². The number of rotatable bonds is 6. The zero-order valence-electron chi connectivity index (χ0n) is 21.1. The number of carbonyl (C=O) groups excluding carboxylic acids is 2. The largest absolute Gasteiger partial charge is 0.506 e. The van der Waals surface area contributed by atoms with Crippen LogP contribution < -0.4 is 22.1 Å². The number of aromatic hydroxyl groups is 2. The van der Waals surface area contributed by atoms with E-state index < -0.39 is 34.9 Å². The van der Waals surface area contributed by atoms with E-state index in [-0.39, 0.29) is 33.6 Å². The van der Waals surface area contributed by atoms with Gasteiger partial charge in [-0.05, 0) is 78.7 Å². The zero-order chi connectivity index (χ0) is 29.2. The second-order valence-corrected chi connectivity index (χ2v) is 9.25. The number of hydrogen-bond acceptors (Lipinski definition) is 6. The number of nitrogen functional groups attached to an aromatic ring is 2. The Balaban J connectivity index is 1.73. The molecule has 0 spiro atoms. The Morgan fingerprint density at radius 3 is 1.43 bits per heavy atom. The van der Waals surface area contributed by atoms with Gasteiger partial charge in [0.1, 0.15) is 16.9 Å². The molecule has 0 saturated carbocycles. The lowest BCUT2D eigenvalue weighted by Crippen LogP contribution is -2.40. The summed E-state index contributed by atoms with van der Waals surface area (Å²) in [6.45, 7) is 0.915. The number of amides is 2. The van der Waals surface area contributed by atoms with E-state index in [1.54, 1.807) is 12.1 Å². The Kier molecular flexibility index (Phi) is 7.32. The average Bonchev–Trinajstić information content (AvgIpc) is 2.90. The van der Waals surface area contributed by atoms with E-state index in [4.69, 9.17) is 11.5 Å². The van der Waals surface area contributed by atoms with Crippen LogP contribution in [0.1, 0.15) is 38.8 Å². The third-order valence-corrected chi connectivity index (χ3v) is 6.51. The minimum atomic E-state index is -4.88. The SMILES string of the molecule is CC(c1ccc(O)c(NC(=O)c2cccc(N)c2)c1)(c1ccc(O)c(NC(=O)c2cccc(N)c2)c1)C(F)(F)F. The van der Waals surface area contributed by atoms with Gasteiger partial charge in [-0.2, -0.15) is 13.2 Å². The van der Waals surface area contributed by atoms with Crippen LogP contribution in [0.25, 0.3) is 0 Å². The number of alkyl halides is 3. The molecule has 8 N–H and O–H groups in total. The number of halogens is 3. The number of phenolic OH excluding ortho intramolecular Hbond substituents is 2. The minimum absolute atomic E-state index is 0.141. The van der Waals surface area contributed by atoms with Crippen LogP contribution in [0.2, 0.25) is 0 Å². The summed E-state index contributed by atoms with van der Waals surface area (Å²) in [6, 6.07) is 18.2. The summed E-state index contributed by atoms with van der Waals surface area (Å²) in [7, 11) is 0. The van der Waals surface area contributed by atoms with Crippen LogP contribution in [0.4, 0.5) is 35.9 Å². The van der Waals surface area contributed by atoms with Gasteiger partial charge in [-0.1, -0.05) is 24.3 Å². The van der Waals surface area contributed by atoms with Crippen LogP contribution in [0.3, 0.4) is 0 Å². The molecule has 11 heteroatoms. The highest BCUT2D eigenvalue weighted by Crippen LogP contribution is 2.48. The number of phenols is 2. The second-order valence-electron chi connectivity index (χ2n) is 9.25. The van der Waals surface area contributed by atoms with Crippen LogP contribution in [0.5, 0.6) is 11.5 Å². The van der Waals surface area contributed by atoms with Crippen molar-refractivity contribution in [3.05, 3.63) is 107 Å². The lowest BCUT2D eigenvalue weighted by Gasteiger charge is -2.34. The minimum Gasteiger partial charge on any atom is -0.506 e. The van der Waals surface area contributed by atoms with E-state index in [1.807, 2.05) is 0 Å². The van der Waals surface area contributed by atoms with Crippen LogP contribution in [0, 0.1) is 0 Å². The smallest absolute Gasteiger partial charge is 0.402 e. The molecule has 0 fully saturated rings. The fourth-order valence-corrected chi connectivity index (χ4v) is 4.14. The molecule has 4 aromatic carbocycles. The number of nitrogens with two attached hydrogens (primary N) is 2. The maximum absolute atomic E-state index is 14.8. The Bertz CT molecular complexity index is 1500. The van der Waals surface area contributed by atoms with Gasteiger partial charge in [-0.3, -0.25) is 9.59 Å². The van der Waals surface area contributed by atoms with E-state index in [1.165, 1.54) is 36.4 Å². The number of anilines is 4. The molecule has 0 atom stereocenters. The van der Waals surface area contributed by atoms with E-state index >= 15 is 0 Å². The first-order valence-corrected chi connectivity index (χ1v) is 11.9. The predicted molar refractivity (Wildman–Crippen MR) is 146 cm³/mol. The van der Waals surface area contributed by atoms with Crippen LogP contribution in [-0.2, 0) is 5.41 Å². The molecule has 0 radical (unpaired) electrons. The van der Waals surface area contributed by atoms with Gasteiger partial charge in [0, 0.05) is 22.5 Å². The Hall–Kier alpha value is -5.19. The van der Waals surface area contributed by atoms with Crippen LogP contribution in [-0.4, -0.2) is 28.2 Å². The summed E-state index contributed by atoms with van der Waals surface area (Å²) in [5.74, 6) is -2.29. The van der Waals surface area contributed by atoms with Crippen molar-refractivity contribution in [2.75, 3.05) is 22.1 Å². The summed E-state index contributed by atoms with van der Waals surface area (Å²) in [5, 5.41) is 25.5. The zero-order valence-corrected chi connectivity index (χ0v) is 21.1. The summed E-state index contributed by atoms with van der Waals surface area (Å²) >= 11 is 0. The van der Waals surface area contributed by atoms with Crippen molar-refractivity contribution in [1.29, 1.82) is 0 Å². The molecule has 0 aliphatic carbocycles. The molecular weight excluding hydrogens is 525 g/mol. The summed E-state index contributed by atoms with van der Waals surface area (Å²) in [6.07, 6.45) is -4.88. The Morgan fingerprint density at radius 2 is 1.07 bits per heavy atom. The van der Waals surface area contributed by atoms with E-state index in [0.29, 0.717) is 11.4 Å². The highest BCUT2D eigenvalue weighted by Gasteiger charge is 2.54. The summed E-state index contributed by atoms with van der Waals surface area (Å²) < 4.78 is 44.3. The van der Waals surface area contributed by atoms with E-state index in [0.717, 1.165) is 43.3 Å². The quantitative estimate of drug-likeness (QED) is 0.135. The molecule has 40 heavy (non-hydrogen) atoms. The fourth-order valence-electron chi connectivity index (χ4n) is 4.14. The highest BCUT2D eigenvalue weighted by atomic mass is 19.4. The van der Waals surface area contributed by atoms with Crippen molar-refractivity contribution in [1.82, 2.24) is 0 Å². The molecule has 0 heterocycles. The highest BCUT2D eigenvalue weighted by molar-refractivity contribution is 6.06. The van der Waals surface area contributed by atoms with Crippen molar-refractivity contribution in [2.24, 2.45) is 0 Å². The number of carbonyl (C=O) groups is 2. The molecule has 0 aliphatic rings. The Labute approximate surface area is 227 Å². The third-order valence-electron chi connectivity index (χ3n) is 6.51. The van der Waals surface area contributed by atoms with Gasteiger partial charge in [0.15, 0.2) is 0 Å². The number of nitrogens with one attached hydrogen (secondary N) is 2. The van der Waals surface area contributed by atoms with Gasteiger partial charge in [0.2, 0.25) is 0 Å². The molecule has 8 nitrogen and oxygen atoms in total. The summed E-state index contributed by atoms with van der Waals surface area (Å²) in [4.78, 5) is 25.4. The monoisotopic (exact) mass is 550 g/mol. The van der Waals surface area contributed by atoms with E-state index in [9.17, 15) is 33.0 Å². The van der Waals surface area contributed by atoms with Gasteiger partial charge < -0.3 is 32.3 Å². The molecule has 0 saturated heterocycles.